The van der Waals surface area contributed by atoms with Crippen LogP contribution in [0.3, 0.4) is 0 Å². The van der Waals surface area contributed by atoms with E-state index in [1.807, 2.05) is 19.1 Å². The summed E-state index contributed by atoms with van der Waals surface area (Å²) in [5, 5.41) is 4.60. The zero-order valence-electron chi connectivity index (χ0n) is 15.3. The summed E-state index contributed by atoms with van der Waals surface area (Å²) in [5.41, 5.74) is 1.86. The summed E-state index contributed by atoms with van der Waals surface area (Å²) in [4.78, 5) is 35.7. The van der Waals surface area contributed by atoms with Gasteiger partial charge in [-0.15, -0.1) is 0 Å². The molecule has 146 valence electrons. The van der Waals surface area contributed by atoms with Gasteiger partial charge in [0.05, 0.1) is 5.56 Å². The van der Waals surface area contributed by atoms with Gasteiger partial charge >= 0.3 is 12.0 Å². The Hall–Kier alpha value is -3.55. The van der Waals surface area contributed by atoms with Crippen molar-refractivity contribution in [2.24, 2.45) is 0 Å². The summed E-state index contributed by atoms with van der Waals surface area (Å²) >= 11 is 0. The predicted octanol–water partition coefficient (Wildman–Crippen LogP) is 2.53. The zero-order valence-corrected chi connectivity index (χ0v) is 15.3. The quantitative estimate of drug-likeness (QED) is 0.768. The third kappa shape index (κ3) is 5.00. The maximum Gasteiger partial charge on any atom is 0.338 e. The highest BCUT2D eigenvalue weighted by Gasteiger charge is 2.15. The van der Waals surface area contributed by atoms with Gasteiger partial charge in [-0.2, -0.15) is 0 Å². The predicted molar refractivity (Wildman–Crippen MR) is 101 cm³/mol. The van der Waals surface area contributed by atoms with Crippen LogP contribution >= 0.6 is 0 Å². The van der Waals surface area contributed by atoms with Gasteiger partial charge in [0.1, 0.15) is 13.2 Å². The van der Waals surface area contributed by atoms with E-state index in [4.69, 9.17) is 14.2 Å². The standard InChI is InChI=1S/C20H20N2O6/c1-2-13-3-5-14(6-4-13)19(24)28-12-18(23)22-20(25)21-15-7-8-16-17(11-15)27-10-9-26-16/h3-8,11H,2,9-10,12H2,1H3,(H2,21,22,23,25). The highest BCUT2D eigenvalue weighted by molar-refractivity contribution is 6.02. The number of anilines is 1. The molecule has 0 aliphatic carbocycles. The molecule has 0 saturated carbocycles. The lowest BCUT2D eigenvalue weighted by molar-refractivity contribution is -0.123. The number of benzene rings is 2. The van der Waals surface area contributed by atoms with Crippen LogP contribution in [-0.2, 0) is 16.0 Å². The van der Waals surface area contributed by atoms with E-state index in [1.165, 1.54) is 0 Å². The van der Waals surface area contributed by atoms with E-state index in [9.17, 15) is 14.4 Å². The number of aryl methyl sites for hydroxylation is 1. The number of hydrogen-bond acceptors (Lipinski definition) is 6. The molecule has 1 heterocycles. The van der Waals surface area contributed by atoms with Crippen LogP contribution in [0.2, 0.25) is 0 Å². The Labute approximate surface area is 161 Å². The van der Waals surface area contributed by atoms with Crippen molar-refractivity contribution < 1.29 is 28.6 Å². The molecule has 0 radical (unpaired) electrons. The molecule has 0 fully saturated rings. The fraction of sp³-hybridized carbons (Fsp3) is 0.250. The first-order valence-electron chi connectivity index (χ1n) is 8.81. The van der Waals surface area contributed by atoms with E-state index in [0.717, 1.165) is 12.0 Å². The van der Waals surface area contributed by atoms with E-state index < -0.39 is 24.5 Å². The third-order valence-corrected chi connectivity index (χ3v) is 3.99. The first-order valence-corrected chi connectivity index (χ1v) is 8.81. The highest BCUT2D eigenvalue weighted by Crippen LogP contribution is 2.32. The number of ether oxygens (including phenoxy) is 3. The third-order valence-electron chi connectivity index (χ3n) is 3.99. The van der Waals surface area contributed by atoms with E-state index in [-0.39, 0.29) is 0 Å². The van der Waals surface area contributed by atoms with Crippen LogP contribution in [-0.4, -0.2) is 37.7 Å². The molecular formula is C20H20N2O6. The fourth-order valence-electron chi connectivity index (χ4n) is 2.54. The van der Waals surface area contributed by atoms with Crippen LogP contribution in [0.1, 0.15) is 22.8 Å². The molecule has 1 aliphatic rings. The number of esters is 1. The molecule has 8 nitrogen and oxygen atoms in total. The maximum atomic E-state index is 11.9. The summed E-state index contributed by atoms with van der Waals surface area (Å²) in [6.07, 6.45) is 0.857. The molecule has 0 aromatic heterocycles. The summed E-state index contributed by atoms with van der Waals surface area (Å²) < 4.78 is 15.7. The van der Waals surface area contributed by atoms with E-state index in [1.54, 1.807) is 30.3 Å². The molecule has 2 N–H and O–H groups in total. The van der Waals surface area contributed by atoms with E-state index in [0.29, 0.717) is 36.0 Å². The lowest BCUT2D eigenvalue weighted by Gasteiger charge is -2.19. The van der Waals surface area contributed by atoms with Crippen molar-refractivity contribution in [3.8, 4) is 11.5 Å². The molecule has 1 aliphatic heterocycles. The number of carbonyl (C=O) groups excluding carboxylic acids is 3. The molecule has 3 amide bonds. The first-order chi connectivity index (χ1) is 13.5. The molecule has 2 aromatic carbocycles. The Morgan fingerprint density at radius 1 is 1.00 bits per heavy atom. The molecule has 0 saturated heterocycles. The zero-order chi connectivity index (χ0) is 19.9. The minimum Gasteiger partial charge on any atom is -0.486 e. The Balaban J connectivity index is 1.46. The lowest BCUT2D eigenvalue weighted by Crippen LogP contribution is -2.37. The molecule has 8 heteroatoms. The second kappa shape index (κ2) is 8.90. The van der Waals surface area contributed by atoms with Crippen LogP contribution in [0.4, 0.5) is 10.5 Å². The Bertz CT molecular complexity index is 879. The number of rotatable bonds is 5. The van der Waals surface area contributed by atoms with Crippen molar-refractivity contribution in [1.82, 2.24) is 5.32 Å². The number of hydrogen-bond donors (Lipinski definition) is 2. The molecule has 0 atom stereocenters. The normalized spacial score (nSPS) is 12.0. The Kier molecular flexibility index (Phi) is 6.11. The monoisotopic (exact) mass is 384 g/mol. The molecule has 2 aromatic rings. The summed E-state index contributed by atoms with van der Waals surface area (Å²) in [5.74, 6) is -0.274. The van der Waals surface area contributed by atoms with Crippen LogP contribution in [0.5, 0.6) is 11.5 Å². The van der Waals surface area contributed by atoms with Crippen LogP contribution in [0.15, 0.2) is 42.5 Å². The van der Waals surface area contributed by atoms with Crippen molar-refractivity contribution >= 4 is 23.6 Å². The van der Waals surface area contributed by atoms with Gasteiger partial charge in [-0.05, 0) is 36.2 Å². The summed E-state index contributed by atoms with van der Waals surface area (Å²) in [6, 6.07) is 11.0. The molecule has 0 bridgehead atoms. The van der Waals surface area contributed by atoms with E-state index in [2.05, 4.69) is 10.6 Å². The van der Waals surface area contributed by atoms with Crippen LogP contribution < -0.4 is 20.1 Å². The number of fused-ring (bicyclic) bond motifs is 1. The number of imide groups is 1. The van der Waals surface area contributed by atoms with Gasteiger partial charge in [-0.3, -0.25) is 10.1 Å². The largest absolute Gasteiger partial charge is 0.486 e. The topological polar surface area (TPSA) is 103 Å². The average molecular weight is 384 g/mol. The second-order valence-electron chi connectivity index (χ2n) is 5.99. The SMILES string of the molecule is CCc1ccc(C(=O)OCC(=O)NC(=O)Nc2ccc3c(c2)OCCO3)cc1. The maximum absolute atomic E-state index is 11.9. The number of carbonyl (C=O) groups is 3. The van der Waals surface area contributed by atoms with Gasteiger partial charge in [0.2, 0.25) is 0 Å². The number of nitrogens with one attached hydrogen (secondary N) is 2. The van der Waals surface area contributed by atoms with Crippen LogP contribution in [0.25, 0.3) is 0 Å². The van der Waals surface area contributed by atoms with Crippen molar-refractivity contribution in [2.75, 3.05) is 25.1 Å². The minimum absolute atomic E-state index is 0.339. The van der Waals surface area contributed by atoms with Crippen molar-refractivity contribution in [3.63, 3.8) is 0 Å². The van der Waals surface area contributed by atoms with E-state index >= 15 is 0 Å². The molecule has 3 rings (SSSR count). The average Bonchev–Trinajstić information content (AvgIpc) is 2.72. The van der Waals surface area contributed by atoms with Crippen LogP contribution in [0, 0.1) is 0 Å². The molecule has 0 unspecified atom stereocenters. The number of urea groups is 1. The Morgan fingerprint density at radius 3 is 2.43 bits per heavy atom. The van der Waals surface area contributed by atoms with Gasteiger partial charge in [0.25, 0.3) is 5.91 Å². The Morgan fingerprint density at radius 2 is 1.71 bits per heavy atom. The molecule has 0 spiro atoms. The van der Waals surface area contributed by atoms with Crippen molar-refractivity contribution in [1.29, 1.82) is 0 Å². The smallest absolute Gasteiger partial charge is 0.338 e. The molecule has 28 heavy (non-hydrogen) atoms. The van der Waals surface area contributed by atoms with Gasteiger partial charge in [0, 0.05) is 11.8 Å². The highest BCUT2D eigenvalue weighted by atomic mass is 16.6. The fourth-order valence-corrected chi connectivity index (χ4v) is 2.54. The van der Waals surface area contributed by atoms with Crippen molar-refractivity contribution in [3.05, 3.63) is 53.6 Å². The van der Waals surface area contributed by atoms with Gasteiger partial charge in [-0.1, -0.05) is 19.1 Å². The van der Waals surface area contributed by atoms with Gasteiger partial charge in [-0.25, -0.2) is 9.59 Å². The second-order valence-corrected chi connectivity index (χ2v) is 5.99. The van der Waals surface area contributed by atoms with Crippen molar-refractivity contribution in [2.45, 2.75) is 13.3 Å². The summed E-state index contributed by atoms with van der Waals surface area (Å²) in [7, 11) is 0. The number of amides is 3. The first kappa shape index (κ1) is 19.2. The molecular weight excluding hydrogens is 364 g/mol. The summed E-state index contributed by atoms with van der Waals surface area (Å²) in [6.45, 7) is 2.33. The van der Waals surface area contributed by atoms with Gasteiger partial charge < -0.3 is 19.5 Å². The minimum atomic E-state index is -0.745. The lowest BCUT2D eigenvalue weighted by atomic mass is 10.1. The van der Waals surface area contributed by atoms with Gasteiger partial charge in [0.15, 0.2) is 18.1 Å².